The Labute approximate surface area is 141 Å². The van der Waals surface area contributed by atoms with Crippen LogP contribution in [-0.4, -0.2) is 41.4 Å². The zero-order valence-corrected chi connectivity index (χ0v) is 14.5. The molecule has 0 unspecified atom stereocenters. The van der Waals surface area contributed by atoms with E-state index in [1.165, 1.54) is 37.4 Å². The maximum Gasteiger partial charge on any atom is 0.330 e. The van der Waals surface area contributed by atoms with Crippen molar-refractivity contribution in [3.05, 3.63) is 16.8 Å². The van der Waals surface area contributed by atoms with Crippen LogP contribution in [0.5, 0.6) is 0 Å². The van der Waals surface area contributed by atoms with E-state index in [2.05, 4.69) is 9.97 Å². The summed E-state index contributed by atoms with van der Waals surface area (Å²) in [5, 5.41) is 0.521. The van der Waals surface area contributed by atoms with Crippen LogP contribution >= 0.6 is 23.1 Å². The van der Waals surface area contributed by atoms with Crippen LogP contribution in [0.2, 0.25) is 0 Å². The number of ether oxygens (including phenoxy) is 2. The first-order valence-electron chi connectivity index (χ1n) is 7.23. The number of methoxy groups -OCH3 is 2. The van der Waals surface area contributed by atoms with Gasteiger partial charge in [-0.15, -0.1) is 11.3 Å². The number of fused-ring (bicyclic) bond motifs is 3. The summed E-state index contributed by atoms with van der Waals surface area (Å²) in [4.78, 5) is 34.7. The molecule has 8 heteroatoms. The molecule has 0 saturated carbocycles. The summed E-state index contributed by atoms with van der Waals surface area (Å²) in [6, 6.07) is 0. The monoisotopic (exact) mass is 352 g/mol. The molecule has 0 N–H and O–H groups in total. The van der Waals surface area contributed by atoms with Gasteiger partial charge in [-0.05, 0) is 31.2 Å². The van der Waals surface area contributed by atoms with Crippen LogP contribution < -0.4 is 0 Å². The number of carbonyl (C=O) groups excluding carboxylic acids is 2. The van der Waals surface area contributed by atoms with Gasteiger partial charge in [0.05, 0.1) is 14.2 Å². The molecule has 0 spiro atoms. The number of hydrogen-bond acceptors (Lipinski definition) is 8. The number of aryl methyl sites for hydroxylation is 2. The molecule has 23 heavy (non-hydrogen) atoms. The van der Waals surface area contributed by atoms with Gasteiger partial charge in [0, 0.05) is 10.3 Å². The minimum absolute atomic E-state index is 0.634. The molecule has 1 aliphatic carbocycles. The van der Waals surface area contributed by atoms with Crippen LogP contribution in [0.1, 0.15) is 23.3 Å². The van der Waals surface area contributed by atoms with Gasteiger partial charge in [-0.25, -0.2) is 9.97 Å². The summed E-state index contributed by atoms with van der Waals surface area (Å²) in [6.07, 6.45) is 5.82. The predicted molar refractivity (Wildman–Crippen MR) is 87.7 cm³/mol. The van der Waals surface area contributed by atoms with E-state index >= 15 is 0 Å². The van der Waals surface area contributed by atoms with Gasteiger partial charge in [0.1, 0.15) is 16.2 Å². The average molecular weight is 352 g/mol. The lowest BCUT2D eigenvalue weighted by molar-refractivity contribution is -0.150. The van der Waals surface area contributed by atoms with Gasteiger partial charge >= 0.3 is 11.9 Å². The van der Waals surface area contributed by atoms with Crippen molar-refractivity contribution in [2.24, 2.45) is 0 Å². The van der Waals surface area contributed by atoms with Crippen molar-refractivity contribution >= 4 is 45.3 Å². The number of rotatable bonds is 4. The molecule has 0 saturated heterocycles. The maximum atomic E-state index is 11.9. The first-order chi connectivity index (χ1) is 11.2. The Kier molecular flexibility index (Phi) is 4.82. The SMILES string of the molecule is COC(=O)C(Sc1ncnc2sc3c(c12)CCCC3)C(=O)OC. The van der Waals surface area contributed by atoms with Gasteiger partial charge < -0.3 is 9.47 Å². The van der Waals surface area contributed by atoms with E-state index in [0.717, 1.165) is 41.2 Å². The summed E-state index contributed by atoms with van der Waals surface area (Å²) in [5.74, 6) is -1.28. The van der Waals surface area contributed by atoms with Gasteiger partial charge in [-0.3, -0.25) is 9.59 Å². The lowest BCUT2D eigenvalue weighted by Gasteiger charge is -2.14. The molecule has 0 atom stereocenters. The van der Waals surface area contributed by atoms with E-state index in [9.17, 15) is 9.59 Å². The van der Waals surface area contributed by atoms with E-state index in [4.69, 9.17) is 9.47 Å². The van der Waals surface area contributed by atoms with Crippen LogP contribution in [0, 0.1) is 0 Å². The van der Waals surface area contributed by atoms with Gasteiger partial charge in [0.15, 0.2) is 0 Å². The Balaban J connectivity index is 2.03. The standard InChI is InChI=1S/C15H16N2O4S2/c1-20-14(18)11(15(19)21-2)23-13-10-8-5-3-4-6-9(8)22-12(10)16-7-17-13/h7,11H,3-6H2,1-2H3. The smallest absolute Gasteiger partial charge is 0.330 e. The van der Waals surface area contributed by atoms with Crippen molar-refractivity contribution in [3.8, 4) is 0 Å². The number of aromatic nitrogens is 2. The van der Waals surface area contributed by atoms with Crippen LogP contribution in [0.4, 0.5) is 0 Å². The molecule has 3 rings (SSSR count). The van der Waals surface area contributed by atoms with E-state index < -0.39 is 17.2 Å². The van der Waals surface area contributed by atoms with Crippen molar-refractivity contribution in [2.75, 3.05) is 14.2 Å². The molecule has 0 aliphatic heterocycles. The van der Waals surface area contributed by atoms with E-state index in [-0.39, 0.29) is 0 Å². The summed E-state index contributed by atoms with van der Waals surface area (Å²) in [7, 11) is 2.50. The minimum atomic E-state index is -1.08. The fraction of sp³-hybridized carbons (Fsp3) is 0.467. The Morgan fingerprint density at radius 1 is 1.17 bits per heavy atom. The Morgan fingerprint density at radius 3 is 2.57 bits per heavy atom. The second kappa shape index (κ2) is 6.84. The fourth-order valence-electron chi connectivity index (χ4n) is 2.67. The van der Waals surface area contributed by atoms with Crippen molar-refractivity contribution in [1.29, 1.82) is 0 Å². The molecule has 0 radical (unpaired) electrons. The fourth-order valence-corrected chi connectivity index (χ4v) is 5.02. The average Bonchev–Trinajstić information content (AvgIpc) is 2.97. The Hall–Kier alpha value is -1.67. The molecule has 2 heterocycles. The molecule has 0 aromatic carbocycles. The molecular formula is C15H16N2O4S2. The van der Waals surface area contributed by atoms with Gasteiger partial charge in [0.2, 0.25) is 5.25 Å². The minimum Gasteiger partial charge on any atom is -0.468 e. The van der Waals surface area contributed by atoms with Crippen molar-refractivity contribution in [1.82, 2.24) is 9.97 Å². The van der Waals surface area contributed by atoms with Crippen LogP contribution in [0.25, 0.3) is 10.2 Å². The normalized spacial score (nSPS) is 13.9. The van der Waals surface area contributed by atoms with E-state index in [1.807, 2.05) is 0 Å². The molecule has 2 aromatic rings. The quantitative estimate of drug-likeness (QED) is 0.362. The largest absolute Gasteiger partial charge is 0.468 e. The molecule has 0 amide bonds. The highest BCUT2D eigenvalue weighted by molar-refractivity contribution is 8.01. The number of thioether (sulfide) groups is 1. The first-order valence-corrected chi connectivity index (χ1v) is 8.93. The second-order valence-corrected chi connectivity index (χ2v) is 7.29. The molecular weight excluding hydrogens is 336 g/mol. The maximum absolute atomic E-state index is 11.9. The van der Waals surface area contributed by atoms with Crippen LogP contribution in [-0.2, 0) is 31.9 Å². The number of carbonyl (C=O) groups is 2. The molecule has 2 aromatic heterocycles. The van der Waals surface area contributed by atoms with Gasteiger partial charge in [-0.1, -0.05) is 11.8 Å². The summed E-state index contributed by atoms with van der Waals surface area (Å²) >= 11 is 2.74. The van der Waals surface area contributed by atoms with Crippen molar-refractivity contribution in [2.45, 2.75) is 36.0 Å². The highest BCUT2D eigenvalue weighted by Gasteiger charge is 2.32. The third-order valence-corrected chi connectivity index (χ3v) is 6.13. The van der Waals surface area contributed by atoms with Gasteiger partial charge in [0.25, 0.3) is 0 Å². The third kappa shape index (κ3) is 3.05. The zero-order chi connectivity index (χ0) is 16.4. The Morgan fingerprint density at radius 2 is 1.87 bits per heavy atom. The van der Waals surface area contributed by atoms with Crippen LogP contribution in [0.15, 0.2) is 11.4 Å². The van der Waals surface area contributed by atoms with Crippen molar-refractivity contribution in [3.63, 3.8) is 0 Å². The lowest BCUT2D eigenvalue weighted by Crippen LogP contribution is -2.29. The highest BCUT2D eigenvalue weighted by Crippen LogP contribution is 2.40. The lowest BCUT2D eigenvalue weighted by atomic mass is 9.97. The topological polar surface area (TPSA) is 78.4 Å². The molecule has 0 bridgehead atoms. The number of nitrogens with zero attached hydrogens (tertiary/aromatic N) is 2. The molecule has 122 valence electrons. The molecule has 1 aliphatic rings. The molecule has 0 fully saturated rings. The van der Waals surface area contributed by atoms with Crippen molar-refractivity contribution < 1.29 is 19.1 Å². The zero-order valence-electron chi connectivity index (χ0n) is 12.8. The summed E-state index contributed by atoms with van der Waals surface area (Å²) in [5.41, 5.74) is 1.26. The first kappa shape index (κ1) is 16.2. The second-order valence-electron chi connectivity index (χ2n) is 5.11. The predicted octanol–water partition coefficient (Wildman–Crippen LogP) is 2.38. The van der Waals surface area contributed by atoms with E-state index in [0.29, 0.717) is 5.03 Å². The van der Waals surface area contributed by atoms with Gasteiger partial charge in [-0.2, -0.15) is 0 Å². The molecule has 6 nitrogen and oxygen atoms in total. The number of thiophene rings is 1. The third-order valence-electron chi connectivity index (χ3n) is 3.78. The number of esters is 2. The van der Waals surface area contributed by atoms with E-state index in [1.54, 1.807) is 11.3 Å². The highest BCUT2D eigenvalue weighted by atomic mass is 32.2. The Bertz CT molecular complexity index is 743. The summed E-state index contributed by atoms with van der Waals surface area (Å²) in [6.45, 7) is 0. The summed E-state index contributed by atoms with van der Waals surface area (Å²) < 4.78 is 9.42. The van der Waals surface area contributed by atoms with Crippen LogP contribution in [0.3, 0.4) is 0 Å². The number of hydrogen-bond donors (Lipinski definition) is 0.